The fourth-order valence-corrected chi connectivity index (χ4v) is 4.45. The van der Waals surface area contributed by atoms with Gasteiger partial charge in [-0.3, -0.25) is 10.1 Å². The van der Waals surface area contributed by atoms with Crippen molar-refractivity contribution in [3.8, 4) is 0 Å². The van der Waals surface area contributed by atoms with Crippen molar-refractivity contribution in [2.24, 2.45) is 11.7 Å². The largest absolute Gasteiger partial charge is 0.480 e. The maximum Gasteiger partial charge on any atom is 0.321 e. The van der Waals surface area contributed by atoms with Crippen molar-refractivity contribution >= 4 is 29.2 Å². The molecule has 138 valence electrons. The van der Waals surface area contributed by atoms with E-state index in [9.17, 15) is 9.90 Å². The molecule has 0 unspecified atom stereocenters. The fraction of sp³-hybridized carbons (Fsp3) is 0.350. The van der Waals surface area contributed by atoms with Crippen LogP contribution in [0.3, 0.4) is 0 Å². The number of carbonyl (C=O) groups is 1. The molecule has 1 aliphatic heterocycles. The smallest absolute Gasteiger partial charge is 0.321 e. The van der Waals surface area contributed by atoms with Gasteiger partial charge in [-0.15, -0.1) is 0 Å². The normalized spacial score (nSPS) is 28.5. The summed E-state index contributed by atoms with van der Waals surface area (Å²) in [5.74, 6) is -1.28. The molecule has 1 fully saturated rings. The van der Waals surface area contributed by atoms with E-state index >= 15 is 0 Å². The molecule has 0 aromatic heterocycles. The Morgan fingerprint density at radius 3 is 2.35 bits per heavy atom. The van der Waals surface area contributed by atoms with Gasteiger partial charge in [-0.05, 0) is 41.3 Å². The van der Waals surface area contributed by atoms with Gasteiger partial charge < -0.3 is 10.8 Å². The summed E-state index contributed by atoms with van der Waals surface area (Å²) >= 11 is 12.2. The second-order valence-electron chi connectivity index (χ2n) is 7.18. The lowest BCUT2D eigenvalue weighted by Crippen LogP contribution is -2.52. The number of carboxylic acids is 1. The second-order valence-corrected chi connectivity index (χ2v) is 8.05. The summed E-state index contributed by atoms with van der Waals surface area (Å²) in [4.78, 5) is 12.0. The van der Waals surface area contributed by atoms with Crippen molar-refractivity contribution in [1.29, 1.82) is 0 Å². The Kier molecular flexibility index (Phi) is 5.31. The SMILES string of the molecule is CC(C)[C@@H]1N[C@@H](C(=O)O)[C@H](c2cccc(Cl)c2)[C@@]1(N)c1ccc(Cl)cc1. The van der Waals surface area contributed by atoms with Crippen LogP contribution in [-0.4, -0.2) is 23.2 Å². The van der Waals surface area contributed by atoms with Gasteiger partial charge in [-0.1, -0.05) is 61.3 Å². The minimum Gasteiger partial charge on any atom is -0.480 e. The molecule has 1 saturated heterocycles. The third kappa shape index (κ3) is 3.23. The van der Waals surface area contributed by atoms with E-state index in [1.165, 1.54) is 0 Å². The van der Waals surface area contributed by atoms with E-state index in [0.717, 1.165) is 11.1 Å². The zero-order valence-corrected chi connectivity index (χ0v) is 16.1. The number of nitrogens with two attached hydrogens (primary N) is 1. The quantitative estimate of drug-likeness (QED) is 0.734. The number of hydrogen-bond donors (Lipinski definition) is 3. The molecule has 2 aromatic carbocycles. The van der Waals surface area contributed by atoms with Gasteiger partial charge in [0.1, 0.15) is 6.04 Å². The Labute approximate surface area is 163 Å². The summed E-state index contributed by atoms with van der Waals surface area (Å²) in [7, 11) is 0. The predicted octanol–water partition coefficient (Wildman–Crippen LogP) is 4.01. The summed E-state index contributed by atoms with van der Waals surface area (Å²) < 4.78 is 0. The van der Waals surface area contributed by atoms with Crippen LogP contribution >= 0.6 is 23.2 Å². The van der Waals surface area contributed by atoms with E-state index in [2.05, 4.69) is 5.32 Å². The number of halogens is 2. The predicted molar refractivity (Wildman–Crippen MR) is 105 cm³/mol. The van der Waals surface area contributed by atoms with Crippen molar-refractivity contribution in [2.75, 3.05) is 0 Å². The zero-order chi connectivity index (χ0) is 19.1. The first-order chi connectivity index (χ1) is 12.2. The average molecular weight is 393 g/mol. The third-order valence-electron chi connectivity index (χ3n) is 5.21. The molecule has 0 spiro atoms. The molecule has 4 N–H and O–H groups in total. The number of nitrogens with one attached hydrogen (secondary N) is 1. The molecule has 26 heavy (non-hydrogen) atoms. The fourth-order valence-electron chi connectivity index (χ4n) is 4.12. The van der Waals surface area contributed by atoms with Crippen LogP contribution in [0.15, 0.2) is 48.5 Å². The van der Waals surface area contributed by atoms with Gasteiger partial charge in [0.2, 0.25) is 0 Å². The molecule has 1 heterocycles. The maximum atomic E-state index is 12.0. The second kappa shape index (κ2) is 7.20. The average Bonchev–Trinajstić information content (AvgIpc) is 2.90. The molecule has 0 saturated carbocycles. The molecule has 4 atom stereocenters. The minimum absolute atomic E-state index is 0.127. The monoisotopic (exact) mass is 392 g/mol. The highest BCUT2D eigenvalue weighted by Crippen LogP contribution is 2.47. The van der Waals surface area contributed by atoms with Crippen molar-refractivity contribution in [3.63, 3.8) is 0 Å². The number of carboxylic acid groups (broad SMARTS) is 1. The van der Waals surface area contributed by atoms with Gasteiger partial charge in [0.25, 0.3) is 0 Å². The van der Waals surface area contributed by atoms with Crippen molar-refractivity contribution in [1.82, 2.24) is 5.32 Å². The molecular weight excluding hydrogens is 371 g/mol. The zero-order valence-electron chi connectivity index (χ0n) is 14.6. The Morgan fingerprint density at radius 2 is 1.81 bits per heavy atom. The number of benzene rings is 2. The standard InChI is InChI=1S/C20H22Cl2N2O2/c1-11(2)18-20(23,13-6-8-14(21)9-7-13)16(17(24-18)19(25)26)12-4-3-5-15(22)10-12/h3-11,16-18,24H,23H2,1-2H3,(H,25,26)/t16-,17+,18-,20-/m0/s1. The van der Waals surface area contributed by atoms with E-state index in [0.29, 0.717) is 10.0 Å². The lowest BCUT2D eigenvalue weighted by atomic mass is 9.69. The number of aliphatic carboxylic acids is 1. The number of rotatable bonds is 4. The molecule has 0 aliphatic carbocycles. The van der Waals surface area contributed by atoms with Gasteiger partial charge in [0.05, 0.1) is 5.54 Å². The van der Waals surface area contributed by atoms with Crippen LogP contribution in [0.2, 0.25) is 10.0 Å². The van der Waals surface area contributed by atoms with Crippen molar-refractivity contribution in [3.05, 3.63) is 69.7 Å². The van der Waals surface area contributed by atoms with Crippen LogP contribution in [0, 0.1) is 5.92 Å². The highest BCUT2D eigenvalue weighted by Gasteiger charge is 2.57. The molecule has 0 amide bonds. The molecule has 1 aliphatic rings. The first-order valence-corrected chi connectivity index (χ1v) is 9.30. The van der Waals surface area contributed by atoms with E-state index in [4.69, 9.17) is 28.9 Å². The van der Waals surface area contributed by atoms with Crippen LogP contribution in [0.5, 0.6) is 0 Å². The topological polar surface area (TPSA) is 75.3 Å². The minimum atomic E-state index is -0.929. The third-order valence-corrected chi connectivity index (χ3v) is 5.69. The van der Waals surface area contributed by atoms with Gasteiger partial charge in [-0.2, -0.15) is 0 Å². The summed E-state index contributed by atoms with van der Waals surface area (Å²) in [5.41, 5.74) is 7.75. The Hall–Kier alpha value is -1.59. The molecule has 0 bridgehead atoms. The first kappa shape index (κ1) is 19.2. The van der Waals surface area contributed by atoms with E-state index < -0.39 is 23.5 Å². The Balaban J connectivity index is 2.22. The highest BCUT2D eigenvalue weighted by molar-refractivity contribution is 6.30. The van der Waals surface area contributed by atoms with Crippen LogP contribution in [0.4, 0.5) is 0 Å². The van der Waals surface area contributed by atoms with Gasteiger partial charge >= 0.3 is 5.97 Å². The maximum absolute atomic E-state index is 12.0. The van der Waals surface area contributed by atoms with Crippen LogP contribution in [-0.2, 0) is 10.3 Å². The van der Waals surface area contributed by atoms with Crippen LogP contribution < -0.4 is 11.1 Å². The molecule has 0 radical (unpaired) electrons. The molecule has 2 aromatic rings. The van der Waals surface area contributed by atoms with Gasteiger partial charge in [-0.25, -0.2) is 0 Å². The van der Waals surface area contributed by atoms with Crippen LogP contribution in [0.25, 0.3) is 0 Å². The summed E-state index contributed by atoms with van der Waals surface area (Å²) in [6.07, 6.45) is 0. The lowest BCUT2D eigenvalue weighted by molar-refractivity contribution is -0.139. The van der Waals surface area contributed by atoms with E-state index in [-0.39, 0.29) is 12.0 Å². The molecule has 4 nitrogen and oxygen atoms in total. The van der Waals surface area contributed by atoms with Gasteiger partial charge in [0.15, 0.2) is 0 Å². The molecule has 3 rings (SSSR count). The van der Waals surface area contributed by atoms with Gasteiger partial charge in [0, 0.05) is 22.0 Å². The molecule has 6 heteroatoms. The first-order valence-electron chi connectivity index (χ1n) is 8.54. The highest BCUT2D eigenvalue weighted by atomic mass is 35.5. The Morgan fingerprint density at radius 1 is 1.15 bits per heavy atom. The van der Waals surface area contributed by atoms with Crippen molar-refractivity contribution < 1.29 is 9.90 Å². The summed E-state index contributed by atoms with van der Waals surface area (Å²) in [6, 6.07) is 13.5. The lowest BCUT2D eigenvalue weighted by Gasteiger charge is -2.39. The Bertz CT molecular complexity index is 810. The van der Waals surface area contributed by atoms with E-state index in [1.807, 2.05) is 38.1 Å². The van der Waals surface area contributed by atoms with E-state index in [1.54, 1.807) is 24.3 Å². The summed E-state index contributed by atoms with van der Waals surface area (Å²) in [5, 5.41) is 14.3. The summed E-state index contributed by atoms with van der Waals surface area (Å²) in [6.45, 7) is 4.07. The number of hydrogen-bond acceptors (Lipinski definition) is 3. The molecular formula is C20H22Cl2N2O2. The van der Waals surface area contributed by atoms with Crippen molar-refractivity contribution in [2.45, 2.75) is 37.4 Å². The van der Waals surface area contributed by atoms with Crippen LogP contribution in [0.1, 0.15) is 30.9 Å².